The van der Waals surface area contributed by atoms with Crippen LogP contribution in [0, 0.1) is 0 Å². The Morgan fingerprint density at radius 2 is 2.10 bits per heavy atom. The summed E-state index contributed by atoms with van der Waals surface area (Å²) in [5.74, 6) is 0. The quantitative estimate of drug-likeness (QED) is 0.864. The molecular weight excluding hydrogens is 254 g/mol. The largest absolute Gasteiger partial charge is 0.385 e. The Morgan fingerprint density at radius 1 is 1.40 bits per heavy atom. The van der Waals surface area contributed by atoms with E-state index in [-0.39, 0.29) is 5.54 Å². The van der Waals surface area contributed by atoms with E-state index >= 15 is 0 Å². The molecule has 2 rings (SSSR count). The fourth-order valence-corrected chi connectivity index (χ4v) is 2.96. The number of aliphatic hydroxyl groups is 1. The van der Waals surface area contributed by atoms with Crippen LogP contribution in [0.4, 0.5) is 0 Å². The van der Waals surface area contributed by atoms with Crippen LogP contribution in [0.5, 0.6) is 0 Å². The summed E-state index contributed by atoms with van der Waals surface area (Å²) < 4.78 is 7.36. The minimum Gasteiger partial charge on any atom is -0.385 e. The van der Waals surface area contributed by atoms with Gasteiger partial charge in [0.15, 0.2) is 0 Å². The van der Waals surface area contributed by atoms with Crippen LogP contribution in [0.1, 0.15) is 45.4 Å². The van der Waals surface area contributed by atoms with Crippen molar-refractivity contribution in [1.29, 1.82) is 0 Å². The van der Waals surface area contributed by atoms with Crippen LogP contribution in [0.2, 0.25) is 0 Å². The zero-order chi connectivity index (χ0) is 14.6. The van der Waals surface area contributed by atoms with Crippen molar-refractivity contribution in [3.05, 3.63) is 18.0 Å². The number of hydrogen-bond donors (Lipinski definition) is 1. The molecular formula is C15H27N3O2. The molecule has 2 atom stereocenters. The fourth-order valence-electron chi connectivity index (χ4n) is 2.96. The summed E-state index contributed by atoms with van der Waals surface area (Å²) in [5, 5.41) is 15.3. The van der Waals surface area contributed by atoms with Gasteiger partial charge in [0.1, 0.15) is 6.10 Å². The Kier molecular flexibility index (Phi) is 5.18. The third kappa shape index (κ3) is 2.90. The Bertz CT molecular complexity index is 415. The fraction of sp³-hybridized carbons (Fsp3) is 0.800. The van der Waals surface area contributed by atoms with Crippen molar-refractivity contribution >= 4 is 0 Å². The van der Waals surface area contributed by atoms with Gasteiger partial charge < -0.3 is 9.84 Å². The first kappa shape index (κ1) is 15.5. The van der Waals surface area contributed by atoms with Crippen LogP contribution < -0.4 is 0 Å². The summed E-state index contributed by atoms with van der Waals surface area (Å²) in [6, 6.07) is 1.94. The van der Waals surface area contributed by atoms with Crippen molar-refractivity contribution in [2.75, 3.05) is 26.3 Å². The number of aliphatic hydroxyl groups excluding tert-OH is 1. The number of hydrogen-bond acceptors (Lipinski definition) is 4. The SMILES string of the molecule is CCCn1nccc1C(O)C(C)(CC)N1CCOCC1. The number of morpholine rings is 1. The van der Waals surface area contributed by atoms with Crippen LogP contribution in [0.3, 0.4) is 0 Å². The molecule has 2 heterocycles. The van der Waals surface area contributed by atoms with Crippen molar-refractivity contribution in [2.24, 2.45) is 0 Å². The van der Waals surface area contributed by atoms with Gasteiger partial charge in [-0.15, -0.1) is 0 Å². The minimum atomic E-state index is -0.528. The summed E-state index contributed by atoms with van der Waals surface area (Å²) in [7, 11) is 0. The lowest BCUT2D eigenvalue weighted by Gasteiger charge is -2.45. The van der Waals surface area contributed by atoms with Gasteiger partial charge in [0.2, 0.25) is 0 Å². The predicted octanol–water partition coefficient (Wildman–Crippen LogP) is 1.83. The molecule has 0 amide bonds. The highest BCUT2D eigenvalue weighted by molar-refractivity contribution is 5.12. The molecule has 1 aromatic rings. The monoisotopic (exact) mass is 281 g/mol. The molecule has 1 fully saturated rings. The highest BCUT2D eigenvalue weighted by Gasteiger charge is 2.40. The van der Waals surface area contributed by atoms with Gasteiger partial charge in [-0.05, 0) is 25.8 Å². The van der Waals surface area contributed by atoms with Gasteiger partial charge in [-0.2, -0.15) is 5.10 Å². The molecule has 5 heteroatoms. The second-order valence-electron chi connectivity index (χ2n) is 5.69. The molecule has 0 bridgehead atoms. The lowest BCUT2D eigenvalue weighted by atomic mass is 9.87. The van der Waals surface area contributed by atoms with E-state index in [1.165, 1.54) is 0 Å². The van der Waals surface area contributed by atoms with E-state index in [1.807, 2.05) is 10.7 Å². The number of aryl methyl sites for hydroxylation is 1. The normalized spacial score (nSPS) is 21.6. The predicted molar refractivity (Wildman–Crippen MR) is 78.6 cm³/mol. The van der Waals surface area contributed by atoms with Crippen molar-refractivity contribution < 1.29 is 9.84 Å². The van der Waals surface area contributed by atoms with Crippen LogP contribution in [0.25, 0.3) is 0 Å². The number of aromatic nitrogens is 2. The molecule has 2 unspecified atom stereocenters. The third-order valence-electron chi connectivity index (χ3n) is 4.50. The highest BCUT2D eigenvalue weighted by atomic mass is 16.5. The van der Waals surface area contributed by atoms with Gasteiger partial charge in [-0.3, -0.25) is 9.58 Å². The van der Waals surface area contributed by atoms with Crippen molar-refractivity contribution in [1.82, 2.24) is 14.7 Å². The van der Waals surface area contributed by atoms with Crippen LogP contribution >= 0.6 is 0 Å². The highest BCUT2D eigenvalue weighted by Crippen LogP contribution is 2.34. The van der Waals surface area contributed by atoms with Gasteiger partial charge >= 0.3 is 0 Å². The first-order valence-electron chi connectivity index (χ1n) is 7.66. The topological polar surface area (TPSA) is 50.5 Å². The summed E-state index contributed by atoms with van der Waals surface area (Å²) in [5.41, 5.74) is 0.651. The Morgan fingerprint density at radius 3 is 2.70 bits per heavy atom. The molecule has 0 radical (unpaired) electrons. The van der Waals surface area contributed by atoms with Gasteiger partial charge in [0.05, 0.1) is 18.9 Å². The Balaban J connectivity index is 2.22. The average molecular weight is 281 g/mol. The van der Waals surface area contributed by atoms with Crippen LogP contribution in [0.15, 0.2) is 12.3 Å². The molecule has 0 spiro atoms. The minimum absolute atomic E-state index is 0.269. The lowest BCUT2D eigenvalue weighted by molar-refractivity contribution is -0.0758. The summed E-state index contributed by atoms with van der Waals surface area (Å²) in [4.78, 5) is 2.35. The molecule has 5 nitrogen and oxygen atoms in total. The van der Waals surface area contributed by atoms with Crippen LogP contribution in [-0.2, 0) is 11.3 Å². The first-order chi connectivity index (χ1) is 9.63. The molecule has 0 aromatic carbocycles. The first-order valence-corrected chi connectivity index (χ1v) is 7.66. The van der Waals surface area contributed by atoms with Gasteiger partial charge in [0, 0.05) is 31.4 Å². The van der Waals surface area contributed by atoms with E-state index in [0.717, 1.165) is 51.4 Å². The van der Waals surface area contributed by atoms with Gasteiger partial charge in [-0.1, -0.05) is 13.8 Å². The second-order valence-corrected chi connectivity index (χ2v) is 5.69. The van der Waals surface area contributed by atoms with Gasteiger partial charge in [0.25, 0.3) is 0 Å². The number of ether oxygens (including phenoxy) is 1. The molecule has 20 heavy (non-hydrogen) atoms. The smallest absolute Gasteiger partial charge is 0.114 e. The Hall–Kier alpha value is -0.910. The molecule has 1 aromatic heterocycles. The molecule has 0 aliphatic carbocycles. The summed E-state index contributed by atoms with van der Waals surface area (Å²) in [6.45, 7) is 10.5. The van der Waals surface area contributed by atoms with E-state index in [1.54, 1.807) is 6.20 Å². The Labute approximate surface area is 121 Å². The van der Waals surface area contributed by atoms with Crippen molar-refractivity contribution in [3.63, 3.8) is 0 Å². The van der Waals surface area contributed by atoms with E-state index < -0.39 is 6.10 Å². The lowest BCUT2D eigenvalue weighted by Crippen LogP contribution is -2.55. The molecule has 1 N–H and O–H groups in total. The zero-order valence-electron chi connectivity index (χ0n) is 12.9. The van der Waals surface area contributed by atoms with Crippen molar-refractivity contribution in [3.8, 4) is 0 Å². The molecule has 1 saturated heterocycles. The standard InChI is InChI=1S/C15H27N3O2/c1-4-8-18-13(6-7-16-18)14(19)15(3,5-2)17-9-11-20-12-10-17/h6-7,14,19H,4-5,8-12H2,1-3H3. The van der Waals surface area contributed by atoms with Crippen molar-refractivity contribution in [2.45, 2.75) is 51.8 Å². The zero-order valence-corrected chi connectivity index (χ0v) is 12.9. The maximum Gasteiger partial charge on any atom is 0.114 e. The molecule has 1 aliphatic heterocycles. The molecule has 114 valence electrons. The maximum atomic E-state index is 10.9. The summed E-state index contributed by atoms with van der Waals surface area (Å²) >= 11 is 0. The average Bonchev–Trinajstić information content (AvgIpc) is 2.95. The third-order valence-corrected chi connectivity index (χ3v) is 4.50. The van der Waals surface area contributed by atoms with Gasteiger partial charge in [-0.25, -0.2) is 0 Å². The number of rotatable bonds is 6. The van der Waals surface area contributed by atoms with E-state index in [4.69, 9.17) is 4.74 Å². The van der Waals surface area contributed by atoms with E-state index in [2.05, 4.69) is 30.8 Å². The van der Waals surface area contributed by atoms with E-state index in [9.17, 15) is 5.11 Å². The second kappa shape index (κ2) is 6.70. The van der Waals surface area contributed by atoms with Crippen LogP contribution in [-0.4, -0.2) is 51.6 Å². The number of nitrogens with zero attached hydrogens (tertiary/aromatic N) is 3. The molecule has 0 saturated carbocycles. The molecule has 1 aliphatic rings. The summed E-state index contributed by atoms with van der Waals surface area (Å²) in [6.07, 6.45) is 3.16. The van der Waals surface area contributed by atoms with E-state index in [0.29, 0.717) is 0 Å². The maximum absolute atomic E-state index is 10.9.